The van der Waals surface area contributed by atoms with Gasteiger partial charge < -0.3 is 9.47 Å². The number of hydrogen-bond donors (Lipinski definition) is 0. The van der Waals surface area contributed by atoms with E-state index in [9.17, 15) is 18.0 Å². The Kier molecular flexibility index (Phi) is 5.26. The van der Waals surface area contributed by atoms with Gasteiger partial charge in [-0.3, -0.25) is 0 Å². The van der Waals surface area contributed by atoms with Crippen LogP contribution in [0.25, 0.3) is 0 Å². The first-order chi connectivity index (χ1) is 9.29. The maximum absolute atomic E-state index is 11.7. The average molecular weight is 300 g/mol. The minimum Gasteiger partial charge on any atom is -0.462 e. The van der Waals surface area contributed by atoms with Crippen molar-refractivity contribution in [3.63, 3.8) is 0 Å². The van der Waals surface area contributed by atoms with Gasteiger partial charge in [0.25, 0.3) is 0 Å². The fraction of sp³-hybridized carbons (Fsp3) is 0.385. The Morgan fingerprint density at radius 3 is 1.65 bits per heavy atom. The summed E-state index contributed by atoms with van der Waals surface area (Å²) < 4.78 is 32.8. The van der Waals surface area contributed by atoms with Gasteiger partial charge in [0.1, 0.15) is 0 Å². The van der Waals surface area contributed by atoms with E-state index in [1.807, 2.05) is 0 Å². The second-order valence-corrected chi connectivity index (χ2v) is 5.97. The van der Waals surface area contributed by atoms with Gasteiger partial charge >= 0.3 is 11.9 Å². The third-order valence-corrected chi connectivity index (χ3v) is 3.45. The van der Waals surface area contributed by atoms with Crippen molar-refractivity contribution in [3.05, 3.63) is 29.3 Å². The second-order valence-electron chi connectivity index (χ2n) is 3.96. The maximum atomic E-state index is 11.7. The summed E-state index contributed by atoms with van der Waals surface area (Å²) in [4.78, 5) is 23.2. The molecule has 0 saturated carbocycles. The fourth-order valence-corrected chi connectivity index (χ4v) is 2.16. The number of esters is 2. The molecule has 0 N–H and O–H groups in total. The molecular formula is C13H16O6S. The quantitative estimate of drug-likeness (QED) is 0.765. The van der Waals surface area contributed by atoms with E-state index < -0.39 is 21.8 Å². The zero-order valence-corrected chi connectivity index (χ0v) is 12.3. The molecule has 0 aliphatic heterocycles. The van der Waals surface area contributed by atoms with E-state index >= 15 is 0 Å². The van der Waals surface area contributed by atoms with Gasteiger partial charge in [0.05, 0.1) is 29.2 Å². The van der Waals surface area contributed by atoms with Crippen LogP contribution >= 0.6 is 0 Å². The van der Waals surface area contributed by atoms with Crippen LogP contribution < -0.4 is 0 Å². The summed E-state index contributed by atoms with van der Waals surface area (Å²) in [5, 5.41) is 0. The number of carbonyl (C=O) groups excluding carboxylic acids is 2. The van der Waals surface area contributed by atoms with Crippen molar-refractivity contribution in [3.8, 4) is 0 Å². The fourth-order valence-electron chi connectivity index (χ4n) is 1.48. The Hall–Kier alpha value is -1.89. The van der Waals surface area contributed by atoms with Crippen LogP contribution in [0.2, 0.25) is 0 Å². The van der Waals surface area contributed by atoms with Gasteiger partial charge in [0.2, 0.25) is 0 Å². The largest absolute Gasteiger partial charge is 0.462 e. The van der Waals surface area contributed by atoms with Crippen LogP contribution in [0.5, 0.6) is 0 Å². The van der Waals surface area contributed by atoms with Crippen molar-refractivity contribution in [1.82, 2.24) is 0 Å². The number of rotatable bonds is 5. The first-order valence-corrected chi connectivity index (χ1v) is 7.88. The molecule has 0 amide bonds. The Morgan fingerprint density at radius 1 is 0.950 bits per heavy atom. The van der Waals surface area contributed by atoms with E-state index in [-0.39, 0.29) is 29.2 Å². The molecule has 7 heteroatoms. The van der Waals surface area contributed by atoms with E-state index in [1.165, 1.54) is 18.2 Å². The van der Waals surface area contributed by atoms with Crippen LogP contribution in [-0.2, 0) is 19.3 Å². The molecular weight excluding hydrogens is 284 g/mol. The summed E-state index contributed by atoms with van der Waals surface area (Å²) in [5.74, 6) is -1.38. The topological polar surface area (TPSA) is 86.7 Å². The Morgan fingerprint density at radius 2 is 1.35 bits per heavy atom. The first kappa shape index (κ1) is 16.2. The normalized spacial score (nSPS) is 10.9. The van der Waals surface area contributed by atoms with Gasteiger partial charge in [-0.2, -0.15) is 0 Å². The number of carbonyl (C=O) groups is 2. The predicted molar refractivity (Wildman–Crippen MR) is 71.5 cm³/mol. The zero-order chi connectivity index (χ0) is 15.3. The lowest BCUT2D eigenvalue weighted by atomic mass is 10.1. The summed E-state index contributed by atoms with van der Waals surface area (Å²) in [6.45, 7) is 3.56. The molecule has 0 bridgehead atoms. The molecule has 0 radical (unpaired) electrons. The monoisotopic (exact) mass is 300 g/mol. The zero-order valence-electron chi connectivity index (χ0n) is 11.5. The molecule has 0 aliphatic rings. The van der Waals surface area contributed by atoms with Crippen LogP contribution in [0.3, 0.4) is 0 Å². The first-order valence-electron chi connectivity index (χ1n) is 5.99. The van der Waals surface area contributed by atoms with E-state index in [1.54, 1.807) is 13.8 Å². The summed E-state index contributed by atoms with van der Waals surface area (Å²) in [7, 11) is -3.56. The van der Waals surface area contributed by atoms with Crippen LogP contribution in [0, 0.1) is 0 Å². The molecule has 0 aliphatic carbocycles. The molecule has 0 spiro atoms. The predicted octanol–water partition coefficient (Wildman–Crippen LogP) is 1.44. The van der Waals surface area contributed by atoms with Gasteiger partial charge in [-0.05, 0) is 32.0 Å². The third-order valence-electron chi connectivity index (χ3n) is 2.36. The van der Waals surface area contributed by atoms with Crippen molar-refractivity contribution in [2.24, 2.45) is 0 Å². The van der Waals surface area contributed by atoms with Crippen molar-refractivity contribution in [2.45, 2.75) is 18.7 Å². The Bertz CT molecular complexity index is 581. The number of sulfone groups is 1. The SMILES string of the molecule is CCOC(=O)c1cc(C(=O)OCC)cc(S(C)(=O)=O)c1. The Balaban J connectivity index is 3.36. The van der Waals surface area contributed by atoms with Crippen molar-refractivity contribution in [2.75, 3.05) is 19.5 Å². The third kappa shape index (κ3) is 4.06. The summed E-state index contributed by atoms with van der Waals surface area (Å²) in [5.41, 5.74) is -0.00402. The lowest BCUT2D eigenvalue weighted by Gasteiger charge is -2.08. The van der Waals surface area contributed by atoms with E-state index in [0.717, 1.165) is 6.26 Å². The van der Waals surface area contributed by atoms with Gasteiger partial charge in [-0.1, -0.05) is 0 Å². The van der Waals surface area contributed by atoms with E-state index in [0.29, 0.717) is 0 Å². The molecule has 0 heterocycles. The molecule has 6 nitrogen and oxygen atoms in total. The van der Waals surface area contributed by atoms with E-state index in [4.69, 9.17) is 9.47 Å². The standard InChI is InChI=1S/C13H16O6S/c1-4-18-12(14)9-6-10(13(15)19-5-2)8-11(7-9)20(3,16)17/h6-8H,4-5H2,1-3H3. The molecule has 1 rings (SSSR count). The summed E-state index contributed by atoms with van der Waals surface area (Å²) in [6.07, 6.45) is 0.992. The number of hydrogen-bond acceptors (Lipinski definition) is 6. The minimum absolute atomic E-state index is 0.00201. The highest BCUT2D eigenvalue weighted by Crippen LogP contribution is 2.17. The minimum atomic E-state index is -3.56. The Labute approximate surface area is 117 Å². The molecule has 0 unspecified atom stereocenters. The smallest absolute Gasteiger partial charge is 0.338 e. The van der Waals surface area contributed by atoms with Crippen molar-refractivity contribution < 1.29 is 27.5 Å². The van der Waals surface area contributed by atoms with Crippen LogP contribution in [0.15, 0.2) is 23.1 Å². The summed E-state index contributed by atoms with van der Waals surface area (Å²) >= 11 is 0. The van der Waals surface area contributed by atoms with Gasteiger partial charge in [-0.25, -0.2) is 18.0 Å². The molecule has 0 saturated heterocycles. The number of benzene rings is 1. The number of ether oxygens (including phenoxy) is 2. The van der Waals surface area contributed by atoms with Gasteiger partial charge in [0.15, 0.2) is 9.84 Å². The molecule has 0 atom stereocenters. The molecule has 20 heavy (non-hydrogen) atoms. The van der Waals surface area contributed by atoms with Crippen LogP contribution in [0.1, 0.15) is 34.6 Å². The highest BCUT2D eigenvalue weighted by Gasteiger charge is 2.18. The average Bonchev–Trinajstić information content (AvgIpc) is 2.37. The van der Waals surface area contributed by atoms with Crippen LogP contribution in [0.4, 0.5) is 0 Å². The molecule has 0 aromatic heterocycles. The lowest BCUT2D eigenvalue weighted by molar-refractivity contribution is 0.0524. The maximum Gasteiger partial charge on any atom is 0.338 e. The molecule has 0 fully saturated rings. The summed E-state index contributed by atoms with van der Waals surface area (Å²) in [6, 6.07) is 3.61. The van der Waals surface area contributed by atoms with Crippen LogP contribution in [-0.4, -0.2) is 39.8 Å². The highest BCUT2D eigenvalue weighted by atomic mass is 32.2. The van der Waals surface area contributed by atoms with Gasteiger partial charge in [-0.15, -0.1) is 0 Å². The highest BCUT2D eigenvalue weighted by molar-refractivity contribution is 7.90. The molecule has 1 aromatic carbocycles. The van der Waals surface area contributed by atoms with Crippen molar-refractivity contribution in [1.29, 1.82) is 0 Å². The molecule has 1 aromatic rings. The van der Waals surface area contributed by atoms with Crippen molar-refractivity contribution >= 4 is 21.8 Å². The lowest BCUT2D eigenvalue weighted by Crippen LogP contribution is -2.11. The second kappa shape index (κ2) is 6.51. The molecule has 110 valence electrons. The van der Waals surface area contributed by atoms with Gasteiger partial charge in [0, 0.05) is 6.26 Å². The van der Waals surface area contributed by atoms with E-state index in [2.05, 4.69) is 0 Å².